The van der Waals surface area contributed by atoms with Gasteiger partial charge in [0.05, 0.1) is 25.2 Å². The lowest BCUT2D eigenvalue weighted by Crippen LogP contribution is -2.63. The third-order valence-electron chi connectivity index (χ3n) is 12.6. The van der Waals surface area contributed by atoms with E-state index in [0.29, 0.717) is 63.0 Å². The van der Waals surface area contributed by atoms with E-state index in [-0.39, 0.29) is 23.3 Å². The Morgan fingerprint density at radius 3 is 1.89 bits per heavy atom. The highest BCUT2D eigenvalue weighted by molar-refractivity contribution is 7.88. The van der Waals surface area contributed by atoms with Crippen molar-refractivity contribution in [3.8, 4) is 5.75 Å². The highest BCUT2D eigenvalue weighted by atomic mass is 32.2. The van der Waals surface area contributed by atoms with Gasteiger partial charge in [-0.2, -0.15) is 69.9 Å². The van der Waals surface area contributed by atoms with Crippen LogP contribution >= 0.6 is 0 Å². The maximum absolute atomic E-state index is 14.9. The lowest BCUT2D eigenvalue weighted by Gasteiger charge is -2.55. The zero-order valence-corrected chi connectivity index (χ0v) is 30.6. The Morgan fingerprint density at radius 1 is 0.786 bits per heavy atom. The summed E-state index contributed by atoms with van der Waals surface area (Å²) in [6.07, 6.45) is -14.5. The smallest absolute Gasteiger partial charge is 0.392 e. The molecule has 0 amide bonds. The molecule has 6 nitrogen and oxygen atoms in total. The second kappa shape index (κ2) is 13.1. The fourth-order valence-corrected chi connectivity index (χ4v) is 10.5. The van der Waals surface area contributed by atoms with Crippen molar-refractivity contribution in [2.45, 2.75) is 119 Å². The van der Waals surface area contributed by atoms with Gasteiger partial charge in [0.2, 0.25) is 0 Å². The summed E-state index contributed by atoms with van der Waals surface area (Å²) >= 11 is 0. The first-order valence-electron chi connectivity index (χ1n) is 17.6. The Kier molecular flexibility index (Phi) is 10.1. The van der Waals surface area contributed by atoms with E-state index < -0.39 is 98.6 Å². The Bertz CT molecular complexity index is 1810. The van der Waals surface area contributed by atoms with E-state index in [1.807, 2.05) is 13.8 Å². The second-order valence-corrected chi connectivity index (χ2v) is 18.4. The molecule has 0 aromatic heterocycles. The van der Waals surface area contributed by atoms with E-state index in [1.54, 1.807) is 0 Å². The van der Waals surface area contributed by atoms with Crippen molar-refractivity contribution >= 4 is 10.1 Å². The number of aliphatic hydroxyl groups excluding tert-OH is 1. The predicted octanol–water partition coefficient (Wildman–Crippen LogP) is 9.79. The van der Waals surface area contributed by atoms with Crippen molar-refractivity contribution in [1.82, 2.24) is 0 Å². The minimum absolute atomic E-state index is 0.175. The third kappa shape index (κ3) is 6.50. The standard InChI is InChI=1S/C35H38F14O6S/c1-27(2)15-53-29(54-16-27)11-10-20-18(13-29)6-9-21-23-12-24(30(36,37)33(42,43)44)26(50)28(23,3)14-22(25(20)21)17-4-7-19(8-5-17)55-56(51,52)35(48,49)32(40,41)31(38,39)34(45,46)47/h4-5,7-8,18,21-24,26,50H,6,9-16H2,1-3H3/t18?,21?,22-,23?,24?,26+,28+/m1/s1. The van der Waals surface area contributed by atoms with Crippen molar-refractivity contribution in [2.75, 3.05) is 13.2 Å². The summed E-state index contributed by atoms with van der Waals surface area (Å²) in [5.41, 5.74) is -0.127. The third-order valence-corrected chi connectivity index (χ3v) is 13.8. The molecule has 1 spiro atoms. The summed E-state index contributed by atoms with van der Waals surface area (Å²) < 4.78 is 233. The molecule has 1 aliphatic heterocycles. The molecule has 0 radical (unpaired) electrons. The molecule has 21 heteroatoms. The van der Waals surface area contributed by atoms with Crippen molar-refractivity contribution < 1.29 is 88.6 Å². The van der Waals surface area contributed by atoms with Gasteiger partial charge in [0, 0.05) is 24.2 Å². The normalized spacial score (nSPS) is 32.8. The van der Waals surface area contributed by atoms with Crippen LogP contribution in [0.5, 0.6) is 5.75 Å². The Morgan fingerprint density at radius 2 is 1.36 bits per heavy atom. The molecule has 5 aliphatic rings. The first kappa shape index (κ1) is 43.2. The van der Waals surface area contributed by atoms with Crippen LogP contribution in [0, 0.1) is 34.5 Å². The van der Waals surface area contributed by atoms with Crippen molar-refractivity contribution in [2.24, 2.45) is 34.5 Å². The van der Waals surface area contributed by atoms with Crippen molar-refractivity contribution in [3.05, 3.63) is 41.0 Å². The average Bonchev–Trinajstić information content (AvgIpc) is 3.35. The predicted molar refractivity (Wildman–Crippen MR) is 166 cm³/mol. The number of rotatable bonds is 7. The highest BCUT2D eigenvalue weighted by Gasteiger charge is 2.86. The number of allylic oxidation sites excluding steroid dienone is 2. The second-order valence-electron chi connectivity index (χ2n) is 16.8. The number of benzene rings is 1. The molecule has 1 aromatic rings. The van der Waals surface area contributed by atoms with E-state index in [2.05, 4.69) is 4.18 Å². The molecular weight excluding hydrogens is 814 g/mol. The zero-order chi connectivity index (χ0) is 42.1. The highest BCUT2D eigenvalue weighted by Crippen LogP contribution is 2.68. The van der Waals surface area contributed by atoms with Crippen LogP contribution in [0.2, 0.25) is 0 Å². The Hall–Kier alpha value is -2.39. The summed E-state index contributed by atoms with van der Waals surface area (Å²) in [5, 5.41) is 4.17. The van der Waals surface area contributed by atoms with E-state index in [0.717, 1.165) is 17.7 Å². The first-order valence-corrected chi connectivity index (χ1v) is 19.0. The van der Waals surface area contributed by atoms with Gasteiger partial charge < -0.3 is 18.8 Å². The SMILES string of the molecule is CC1(C)COC2(CCC3=C4C(CCC3C2)C2CC(C(F)(F)C(F)(F)F)[C@H](O)[C@@]2(C)C[C@@H]4c2ccc(OS(=O)(=O)C(F)(F)C(F)(F)C(F)(F)C(F)(F)F)cc2)OC1. The first-order chi connectivity index (χ1) is 25.3. The maximum atomic E-state index is 14.9. The molecule has 4 aliphatic carbocycles. The molecule has 4 unspecified atom stereocenters. The van der Waals surface area contributed by atoms with E-state index in [1.165, 1.54) is 6.92 Å². The van der Waals surface area contributed by atoms with Crippen LogP contribution in [0.15, 0.2) is 35.4 Å². The fourth-order valence-electron chi connectivity index (χ4n) is 9.56. The number of ether oxygens (including phenoxy) is 2. The summed E-state index contributed by atoms with van der Waals surface area (Å²) in [4.78, 5) is 0. The van der Waals surface area contributed by atoms with Gasteiger partial charge in [0.15, 0.2) is 5.79 Å². The molecule has 1 N–H and O–H groups in total. The van der Waals surface area contributed by atoms with Gasteiger partial charge in [-0.25, -0.2) is 0 Å². The number of aliphatic hydroxyl groups is 1. The van der Waals surface area contributed by atoms with Gasteiger partial charge in [0.25, 0.3) is 0 Å². The van der Waals surface area contributed by atoms with E-state index in [9.17, 15) is 75.0 Å². The van der Waals surface area contributed by atoms with Gasteiger partial charge in [-0.1, -0.05) is 44.1 Å². The summed E-state index contributed by atoms with van der Waals surface area (Å²) in [6, 6.07) is 3.28. The summed E-state index contributed by atoms with van der Waals surface area (Å²) in [5.74, 6) is -27.5. The molecule has 0 bridgehead atoms. The van der Waals surface area contributed by atoms with Crippen molar-refractivity contribution in [1.29, 1.82) is 0 Å². The van der Waals surface area contributed by atoms with Crippen LogP contribution in [-0.2, 0) is 19.6 Å². The average molecular weight is 853 g/mol. The molecule has 1 saturated heterocycles. The molecular formula is C35H38F14O6S. The monoisotopic (exact) mass is 852 g/mol. The number of fused-ring (bicyclic) bond motifs is 4. The van der Waals surface area contributed by atoms with Gasteiger partial charge in [-0.3, -0.25) is 0 Å². The van der Waals surface area contributed by atoms with Crippen LogP contribution < -0.4 is 4.18 Å². The molecule has 6 rings (SSSR count). The summed E-state index contributed by atoms with van der Waals surface area (Å²) in [6.45, 7) is 6.08. The zero-order valence-electron chi connectivity index (χ0n) is 29.8. The molecule has 7 atom stereocenters. The lowest BCUT2D eigenvalue weighted by molar-refractivity contribution is -0.382. The quantitative estimate of drug-likeness (QED) is 0.167. The van der Waals surface area contributed by atoms with Crippen LogP contribution in [-0.4, -0.2) is 74.0 Å². The molecule has 4 fully saturated rings. The van der Waals surface area contributed by atoms with Gasteiger partial charge >= 0.3 is 45.5 Å². The van der Waals surface area contributed by atoms with Crippen molar-refractivity contribution in [3.63, 3.8) is 0 Å². The molecule has 318 valence electrons. The number of alkyl halides is 14. The van der Waals surface area contributed by atoms with Crippen LogP contribution in [0.1, 0.15) is 77.2 Å². The minimum atomic E-state index is -7.53. The Labute approximate surface area is 312 Å². The molecule has 3 saturated carbocycles. The molecule has 1 aromatic carbocycles. The number of halogens is 14. The topological polar surface area (TPSA) is 82.1 Å². The number of hydrogen-bond donors (Lipinski definition) is 1. The Balaban J connectivity index is 1.36. The van der Waals surface area contributed by atoms with Crippen LogP contribution in [0.3, 0.4) is 0 Å². The van der Waals surface area contributed by atoms with Crippen LogP contribution in [0.25, 0.3) is 0 Å². The van der Waals surface area contributed by atoms with E-state index in [4.69, 9.17) is 9.47 Å². The van der Waals surface area contributed by atoms with Crippen LogP contribution in [0.4, 0.5) is 61.5 Å². The van der Waals surface area contributed by atoms with Gasteiger partial charge in [0.1, 0.15) is 5.75 Å². The number of hydrogen-bond acceptors (Lipinski definition) is 6. The van der Waals surface area contributed by atoms with Gasteiger partial charge in [-0.15, -0.1) is 0 Å². The maximum Gasteiger partial charge on any atom is 0.460 e. The molecule has 1 heterocycles. The lowest BCUT2D eigenvalue weighted by atomic mass is 9.52. The summed E-state index contributed by atoms with van der Waals surface area (Å²) in [7, 11) is -7.26. The minimum Gasteiger partial charge on any atom is -0.392 e. The molecule has 56 heavy (non-hydrogen) atoms. The van der Waals surface area contributed by atoms with Gasteiger partial charge in [-0.05, 0) is 73.0 Å². The largest absolute Gasteiger partial charge is 0.460 e. The fraction of sp³-hybridized carbons (Fsp3) is 0.771. The van der Waals surface area contributed by atoms with E-state index >= 15 is 0 Å².